The zero-order valence-corrected chi connectivity index (χ0v) is 15.8. The molecule has 0 radical (unpaired) electrons. The predicted molar refractivity (Wildman–Crippen MR) is 110 cm³/mol. The molecule has 1 unspecified atom stereocenters. The molecule has 28 heavy (non-hydrogen) atoms. The first-order valence-corrected chi connectivity index (χ1v) is 9.73. The number of carbonyl (C=O) groups is 2. The number of benzene rings is 2. The van der Waals surface area contributed by atoms with E-state index in [0.717, 1.165) is 16.3 Å². The van der Waals surface area contributed by atoms with Crippen molar-refractivity contribution in [3.63, 3.8) is 0 Å². The Kier molecular flexibility index (Phi) is 5.25. The lowest BCUT2D eigenvalue weighted by molar-refractivity contribution is -0.117. The Morgan fingerprint density at radius 2 is 1.79 bits per heavy atom. The van der Waals surface area contributed by atoms with Gasteiger partial charge in [0.05, 0.1) is 0 Å². The number of para-hydroxylation sites is 1. The summed E-state index contributed by atoms with van der Waals surface area (Å²) in [5.74, 6) is -0.210. The van der Waals surface area contributed by atoms with Crippen LogP contribution in [-0.4, -0.2) is 28.6 Å². The first-order valence-electron chi connectivity index (χ1n) is 8.92. The molecule has 140 valence electrons. The summed E-state index contributed by atoms with van der Waals surface area (Å²) < 4.78 is 0. The van der Waals surface area contributed by atoms with E-state index >= 15 is 0 Å². The largest absolute Gasteiger partial charge is 0.312 e. The number of nitrogens with one attached hydrogen (secondary N) is 1. The van der Waals surface area contributed by atoms with Crippen LogP contribution < -0.4 is 10.2 Å². The van der Waals surface area contributed by atoms with Gasteiger partial charge >= 0.3 is 0 Å². The normalized spacial score (nSPS) is 16.6. The van der Waals surface area contributed by atoms with Crippen LogP contribution in [0.15, 0.2) is 66.7 Å². The van der Waals surface area contributed by atoms with Gasteiger partial charge in [-0.25, -0.2) is 0 Å². The minimum atomic E-state index is -0.264. The Balaban J connectivity index is 1.39. The molecule has 1 aromatic heterocycles. The van der Waals surface area contributed by atoms with Crippen LogP contribution in [0.1, 0.15) is 22.9 Å². The van der Waals surface area contributed by atoms with Crippen LogP contribution in [0, 0.1) is 0 Å². The van der Waals surface area contributed by atoms with Gasteiger partial charge in [-0.1, -0.05) is 59.9 Å². The standard InChI is InChI=1S/C21H18N4O2S/c26-18(12-11-15-7-3-1-4-8-15)22-21-24-23-20(28-21)16-13-19(27)25(14-16)17-9-5-2-6-10-17/h1-12,16H,13-14H2,(H,22,24,26)/b12-11+. The topological polar surface area (TPSA) is 75.2 Å². The quantitative estimate of drug-likeness (QED) is 0.674. The highest BCUT2D eigenvalue weighted by Crippen LogP contribution is 2.34. The van der Waals surface area contributed by atoms with Crippen LogP contribution in [-0.2, 0) is 9.59 Å². The van der Waals surface area contributed by atoms with E-state index in [1.54, 1.807) is 11.0 Å². The molecule has 3 aromatic rings. The molecule has 0 spiro atoms. The Morgan fingerprint density at radius 1 is 1.07 bits per heavy atom. The molecule has 2 heterocycles. The first-order chi connectivity index (χ1) is 13.7. The second-order valence-corrected chi connectivity index (χ2v) is 7.43. The molecular formula is C21H18N4O2S. The van der Waals surface area contributed by atoms with Crippen molar-refractivity contribution >= 4 is 40.0 Å². The van der Waals surface area contributed by atoms with Gasteiger partial charge in [0.15, 0.2) is 0 Å². The molecule has 0 bridgehead atoms. The molecule has 7 heteroatoms. The Labute approximate surface area is 166 Å². The predicted octanol–water partition coefficient (Wildman–Crippen LogP) is 3.71. The van der Waals surface area contributed by atoms with Crippen molar-refractivity contribution in [2.24, 2.45) is 0 Å². The first kappa shape index (κ1) is 18.1. The highest BCUT2D eigenvalue weighted by molar-refractivity contribution is 7.15. The number of aromatic nitrogens is 2. The summed E-state index contributed by atoms with van der Waals surface area (Å²) >= 11 is 1.31. The fourth-order valence-corrected chi connectivity index (χ4v) is 3.90. The molecule has 1 saturated heterocycles. The monoisotopic (exact) mass is 390 g/mol. The van der Waals surface area contributed by atoms with Crippen LogP contribution in [0.3, 0.4) is 0 Å². The number of anilines is 2. The van der Waals surface area contributed by atoms with E-state index in [0.29, 0.717) is 18.1 Å². The van der Waals surface area contributed by atoms with Crippen molar-refractivity contribution in [3.05, 3.63) is 77.3 Å². The molecule has 2 aromatic carbocycles. The van der Waals surface area contributed by atoms with Crippen LogP contribution >= 0.6 is 11.3 Å². The number of nitrogens with zero attached hydrogens (tertiary/aromatic N) is 3. The van der Waals surface area contributed by atoms with E-state index in [1.807, 2.05) is 60.7 Å². The summed E-state index contributed by atoms with van der Waals surface area (Å²) in [5.41, 5.74) is 1.83. The summed E-state index contributed by atoms with van der Waals surface area (Å²) in [6.07, 6.45) is 3.60. The fourth-order valence-electron chi connectivity index (χ4n) is 3.06. The molecule has 0 aliphatic carbocycles. The highest BCUT2D eigenvalue weighted by Gasteiger charge is 2.33. The lowest BCUT2D eigenvalue weighted by atomic mass is 10.1. The van der Waals surface area contributed by atoms with Crippen LogP contribution in [0.5, 0.6) is 0 Å². The average Bonchev–Trinajstić information content (AvgIpc) is 3.34. The summed E-state index contributed by atoms with van der Waals surface area (Å²) in [6, 6.07) is 19.2. The number of amides is 2. The van der Waals surface area contributed by atoms with E-state index in [9.17, 15) is 9.59 Å². The third-order valence-electron chi connectivity index (χ3n) is 4.44. The van der Waals surface area contributed by atoms with Crippen molar-refractivity contribution in [1.29, 1.82) is 0 Å². The molecule has 1 fully saturated rings. The van der Waals surface area contributed by atoms with Crippen molar-refractivity contribution in [3.8, 4) is 0 Å². The maximum atomic E-state index is 12.4. The molecule has 0 saturated carbocycles. The van der Waals surface area contributed by atoms with Gasteiger partial charge in [0, 0.05) is 30.6 Å². The van der Waals surface area contributed by atoms with Crippen LogP contribution in [0.4, 0.5) is 10.8 Å². The highest BCUT2D eigenvalue weighted by atomic mass is 32.1. The zero-order chi connectivity index (χ0) is 19.3. The summed E-state index contributed by atoms with van der Waals surface area (Å²) in [5, 5.41) is 12.2. The van der Waals surface area contributed by atoms with E-state index < -0.39 is 0 Å². The lowest BCUT2D eigenvalue weighted by Crippen LogP contribution is -2.24. The Bertz CT molecular complexity index is 1000. The van der Waals surface area contributed by atoms with Gasteiger partial charge in [-0.3, -0.25) is 14.9 Å². The SMILES string of the molecule is O=C(/C=C/c1ccccc1)Nc1nnc(C2CC(=O)N(c3ccccc3)C2)s1. The van der Waals surface area contributed by atoms with E-state index in [4.69, 9.17) is 0 Å². The van der Waals surface area contributed by atoms with Gasteiger partial charge in [0.2, 0.25) is 16.9 Å². The minimum Gasteiger partial charge on any atom is -0.312 e. The number of hydrogen-bond acceptors (Lipinski definition) is 5. The summed E-state index contributed by atoms with van der Waals surface area (Å²) in [6.45, 7) is 0.569. The zero-order valence-electron chi connectivity index (χ0n) is 15.0. The van der Waals surface area contributed by atoms with Crippen LogP contribution in [0.25, 0.3) is 6.08 Å². The molecule has 4 rings (SSSR count). The maximum absolute atomic E-state index is 12.4. The maximum Gasteiger partial charge on any atom is 0.250 e. The molecule has 6 nitrogen and oxygen atoms in total. The smallest absolute Gasteiger partial charge is 0.250 e. The van der Waals surface area contributed by atoms with E-state index in [2.05, 4.69) is 15.5 Å². The summed E-state index contributed by atoms with van der Waals surface area (Å²) in [4.78, 5) is 26.2. The minimum absolute atomic E-state index is 0.0179. The molecule has 1 aliphatic heterocycles. The summed E-state index contributed by atoms with van der Waals surface area (Å²) in [7, 11) is 0. The van der Waals surface area contributed by atoms with Crippen molar-refractivity contribution in [2.75, 3.05) is 16.8 Å². The van der Waals surface area contributed by atoms with E-state index in [-0.39, 0.29) is 17.7 Å². The van der Waals surface area contributed by atoms with Crippen molar-refractivity contribution < 1.29 is 9.59 Å². The van der Waals surface area contributed by atoms with Gasteiger partial charge in [0.25, 0.3) is 0 Å². The van der Waals surface area contributed by atoms with Crippen molar-refractivity contribution in [2.45, 2.75) is 12.3 Å². The van der Waals surface area contributed by atoms with E-state index in [1.165, 1.54) is 17.4 Å². The van der Waals surface area contributed by atoms with Gasteiger partial charge < -0.3 is 4.90 Å². The number of carbonyl (C=O) groups excluding carboxylic acids is 2. The van der Waals surface area contributed by atoms with Gasteiger partial charge in [-0.05, 0) is 23.8 Å². The third kappa shape index (κ3) is 4.15. The Hall–Kier alpha value is -3.32. The molecular weight excluding hydrogens is 372 g/mol. The molecule has 2 amide bonds. The fraction of sp³-hybridized carbons (Fsp3) is 0.143. The Morgan fingerprint density at radius 3 is 2.54 bits per heavy atom. The molecule has 1 N–H and O–H groups in total. The number of hydrogen-bond donors (Lipinski definition) is 1. The average molecular weight is 390 g/mol. The third-order valence-corrected chi connectivity index (χ3v) is 5.44. The lowest BCUT2D eigenvalue weighted by Gasteiger charge is -2.15. The molecule has 1 aliphatic rings. The van der Waals surface area contributed by atoms with Gasteiger partial charge in [-0.15, -0.1) is 10.2 Å². The van der Waals surface area contributed by atoms with Gasteiger partial charge in [-0.2, -0.15) is 0 Å². The molecule has 1 atom stereocenters. The second kappa shape index (κ2) is 8.14. The van der Waals surface area contributed by atoms with Crippen molar-refractivity contribution in [1.82, 2.24) is 10.2 Å². The van der Waals surface area contributed by atoms with Crippen LogP contribution in [0.2, 0.25) is 0 Å². The number of rotatable bonds is 5. The van der Waals surface area contributed by atoms with Gasteiger partial charge in [0.1, 0.15) is 5.01 Å². The second-order valence-electron chi connectivity index (χ2n) is 6.42.